The van der Waals surface area contributed by atoms with Crippen LogP contribution in [0.3, 0.4) is 0 Å². The van der Waals surface area contributed by atoms with Gasteiger partial charge in [0.05, 0.1) is 11.5 Å². The fourth-order valence-electron chi connectivity index (χ4n) is 1.53. The standard InChI is InChI=1S/C12H14N4O3S2/c13-8(20)6-16(12(14)21)9(11(18)19)15-10(17)7-4-2-1-3-5-7/h1-5,9H,6H2,(H2,13,20)(H2,14,21)(H,15,17)(H,18,19). The molecule has 0 saturated heterocycles. The molecule has 1 aromatic carbocycles. The lowest BCUT2D eigenvalue weighted by Gasteiger charge is -2.29. The van der Waals surface area contributed by atoms with E-state index in [-0.39, 0.29) is 16.6 Å². The van der Waals surface area contributed by atoms with Crippen molar-refractivity contribution in [1.82, 2.24) is 10.2 Å². The van der Waals surface area contributed by atoms with Crippen LogP contribution < -0.4 is 16.8 Å². The van der Waals surface area contributed by atoms with Gasteiger partial charge in [0.2, 0.25) is 6.17 Å². The molecule has 0 heterocycles. The second-order valence-corrected chi connectivity index (χ2v) is 4.96. The molecular weight excluding hydrogens is 312 g/mol. The van der Waals surface area contributed by atoms with E-state index in [2.05, 4.69) is 5.32 Å². The van der Waals surface area contributed by atoms with E-state index in [1.54, 1.807) is 30.3 Å². The molecule has 1 unspecified atom stereocenters. The summed E-state index contributed by atoms with van der Waals surface area (Å²) >= 11 is 9.49. The molecule has 0 fully saturated rings. The second kappa shape index (κ2) is 7.50. The number of hydrogen-bond acceptors (Lipinski definition) is 4. The number of amides is 1. The van der Waals surface area contributed by atoms with Crippen molar-refractivity contribution < 1.29 is 14.7 Å². The molecule has 0 spiro atoms. The second-order valence-electron chi connectivity index (χ2n) is 4.01. The molecule has 6 N–H and O–H groups in total. The molecule has 0 radical (unpaired) electrons. The van der Waals surface area contributed by atoms with Crippen LogP contribution >= 0.6 is 24.4 Å². The largest absolute Gasteiger partial charge is 0.478 e. The van der Waals surface area contributed by atoms with E-state index in [0.717, 1.165) is 4.90 Å². The number of nitrogens with one attached hydrogen (secondary N) is 1. The lowest BCUT2D eigenvalue weighted by atomic mass is 10.2. The summed E-state index contributed by atoms with van der Waals surface area (Å²) in [4.78, 5) is 24.4. The average molecular weight is 326 g/mol. The first kappa shape index (κ1) is 16.8. The van der Waals surface area contributed by atoms with Crippen molar-refractivity contribution in [3.8, 4) is 0 Å². The molecule has 1 amide bonds. The van der Waals surface area contributed by atoms with Crippen molar-refractivity contribution in [2.75, 3.05) is 6.54 Å². The minimum atomic E-state index is -1.46. The van der Waals surface area contributed by atoms with Crippen molar-refractivity contribution in [2.24, 2.45) is 11.5 Å². The molecule has 0 saturated carbocycles. The van der Waals surface area contributed by atoms with Gasteiger partial charge in [-0.3, -0.25) is 4.79 Å². The summed E-state index contributed by atoms with van der Waals surface area (Å²) in [6.07, 6.45) is -1.46. The van der Waals surface area contributed by atoms with E-state index < -0.39 is 18.0 Å². The smallest absolute Gasteiger partial charge is 0.347 e. The lowest BCUT2D eigenvalue weighted by molar-refractivity contribution is -0.142. The van der Waals surface area contributed by atoms with E-state index in [1.807, 2.05) is 0 Å². The summed E-state index contributed by atoms with van der Waals surface area (Å²) in [5.41, 5.74) is 11.2. The molecule has 9 heteroatoms. The number of rotatable bonds is 6. The molecule has 0 aromatic heterocycles. The Balaban J connectivity index is 2.95. The molecule has 0 bridgehead atoms. The van der Waals surface area contributed by atoms with Gasteiger partial charge < -0.3 is 26.8 Å². The van der Waals surface area contributed by atoms with E-state index in [0.29, 0.717) is 5.56 Å². The fraction of sp³-hybridized carbons (Fsp3) is 0.167. The van der Waals surface area contributed by atoms with E-state index >= 15 is 0 Å². The topological polar surface area (TPSA) is 122 Å². The zero-order valence-electron chi connectivity index (χ0n) is 10.9. The maximum Gasteiger partial charge on any atom is 0.347 e. The summed E-state index contributed by atoms with van der Waals surface area (Å²) in [6.45, 7) is -0.156. The first-order valence-corrected chi connectivity index (χ1v) is 6.57. The molecular formula is C12H14N4O3S2. The molecule has 0 aliphatic rings. The highest BCUT2D eigenvalue weighted by atomic mass is 32.1. The minimum Gasteiger partial charge on any atom is -0.478 e. The molecule has 1 atom stereocenters. The van der Waals surface area contributed by atoms with Crippen LogP contribution in [0.4, 0.5) is 0 Å². The van der Waals surface area contributed by atoms with Crippen molar-refractivity contribution in [2.45, 2.75) is 6.17 Å². The van der Waals surface area contributed by atoms with Gasteiger partial charge in [-0.25, -0.2) is 4.79 Å². The Kier molecular flexibility index (Phi) is 6.00. The molecule has 0 aliphatic heterocycles. The summed E-state index contributed by atoms with van der Waals surface area (Å²) in [7, 11) is 0. The van der Waals surface area contributed by atoms with Gasteiger partial charge in [-0.2, -0.15) is 0 Å². The van der Waals surface area contributed by atoms with Crippen LogP contribution in [0.15, 0.2) is 30.3 Å². The van der Waals surface area contributed by atoms with Gasteiger partial charge in [0, 0.05) is 5.56 Å². The zero-order chi connectivity index (χ0) is 16.0. The fourth-order valence-corrected chi connectivity index (χ4v) is 1.84. The van der Waals surface area contributed by atoms with E-state index in [1.165, 1.54) is 0 Å². The predicted molar refractivity (Wildman–Crippen MR) is 85.6 cm³/mol. The van der Waals surface area contributed by atoms with Gasteiger partial charge in [0.1, 0.15) is 0 Å². The van der Waals surface area contributed by atoms with Gasteiger partial charge in [-0.1, -0.05) is 30.4 Å². The van der Waals surface area contributed by atoms with Gasteiger partial charge in [-0.05, 0) is 24.4 Å². The van der Waals surface area contributed by atoms with Crippen LogP contribution in [0.5, 0.6) is 0 Å². The number of carbonyl (C=O) groups is 2. The molecule has 1 aromatic rings. The highest BCUT2D eigenvalue weighted by Gasteiger charge is 2.29. The third kappa shape index (κ3) is 4.97. The van der Waals surface area contributed by atoms with Crippen molar-refractivity contribution in [3.05, 3.63) is 35.9 Å². The van der Waals surface area contributed by atoms with Crippen LogP contribution in [0.25, 0.3) is 0 Å². The lowest BCUT2D eigenvalue weighted by Crippen LogP contribution is -2.58. The highest BCUT2D eigenvalue weighted by Crippen LogP contribution is 2.03. The normalized spacial score (nSPS) is 11.2. The third-order valence-corrected chi connectivity index (χ3v) is 2.82. The Morgan fingerprint density at radius 3 is 2.24 bits per heavy atom. The minimum absolute atomic E-state index is 0.00279. The molecule has 112 valence electrons. The Labute approximate surface area is 131 Å². The van der Waals surface area contributed by atoms with Crippen LogP contribution in [0.1, 0.15) is 10.4 Å². The molecule has 21 heavy (non-hydrogen) atoms. The Hall–Kier alpha value is -2.26. The molecule has 0 aliphatic carbocycles. The van der Waals surface area contributed by atoms with Crippen molar-refractivity contribution in [1.29, 1.82) is 0 Å². The van der Waals surface area contributed by atoms with Gasteiger partial charge >= 0.3 is 5.97 Å². The van der Waals surface area contributed by atoms with Crippen LogP contribution in [0, 0.1) is 0 Å². The van der Waals surface area contributed by atoms with Crippen molar-refractivity contribution >= 4 is 46.4 Å². The zero-order valence-corrected chi connectivity index (χ0v) is 12.5. The quantitative estimate of drug-likeness (QED) is 0.414. The predicted octanol–water partition coefficient (Wildman–Crippen LogP) is -0.341. The average Bonchev–Trinajstić information content (AvgIpc) is 2.42. The number of carbonyl (C=O) groups excluding carboxylic acids is 1. The Morgan fingerprint density at radius 2 is 1.81 bits per heavy atom. The first-order valence-electron chi connectivity index (χ1n) is 5.76. The van der Waals surface area contributed by atoms with Crippen LogP contribution in [0.2, 0.25) is 0 Å². The number of aliphatic carboxylic acids is 1. The van der Waals surface area contributed by atoms with Crippen molar-refractivity contribution in [3.63, 3.8) is 0 Å². The maximum absolute atomic E-state index is 12.0. The van der Waals surface area contributed by atoms with E-state index in [9.17, 15) is 14.7 Å². The molecule has 7 nitrogen and oxygen atoms in total. The highest BCUT2D eigenvalue weighted by molar-refractivity contribution is 7.80. The first-order chi connectivity index (χ1) is 9.82. The molecule has 1 rings (SSSR count). The maximum atomic E-state index is 12.0. The number of nitrogens with zero attached hydrogens (tertiary/aromatic N) is 1. The number of carboxylic acid groups (broad SMARTS) is 1. The number of carboxylic acids is 1. The number of benzene rings is 1. The van der Waals surface area contributed by atoms with Gasteiger partial charge in [-0.15, -0.1) is 0 Å². The summed E-state index contributed by atoms with van der Waals surface area (Å²) in [5.74, 6) is -1.91. The summed E-state index contributed by atoms with van der Waals surface area (Å²) in [5, 5.41) is 11.3. The van der Waals surface area contributed by atoms with Gasteiger partial charge in [0.25, 0.3) is 5.91 Å². The monoisotopic (exact) mass is 326 g/mol. The Bertz CT molecular complexity index is 565. The summed E-state index contributed by atoms with van der Waals surface area (Å²) in [6, 6.07) is 8.15. The van der Waals surface area contributed by atoms with Crippen LogP contribution in [-0.4, -0.2) is 44.7 Å². The third-order valence-electron chi connectivity index (χ3n) is 2.46. The van der Waals surface area contributed by atoms with Gasteiger partial charge in [0.15, 0.2) is 5.11 Å². The summed E-state index contributed by atoms with van der Waals surface area (Å²) < 4.78 is 0. The SMILES string of the molecule is NC(=S)CN(C(N)=S)C(NC(=O)c1ccccc1)C(=O)O. The number of nitrogens with two attached hydrogens (primary N) is 2. The van der Waals surface area contributed by atoms with E-state index in [4.69, 9.17) is 35.9 Å². The number of thiocarbonyl (C=S) groups is 2. The number of hydrogen-bond donors (Lipinski definition) is 4. The Morgan fingerprint density at radius 1 is 1.24 bits per heavy atom. The van der Waals surface area contributed by atoms with Crippen LogP contribution in [-0.2, 0) is 4.79 Å².